The Labute approximate surface area is 184 Å². The molecule has 0 aliphatic rings. The van der Waals surface area contributed by atoms with E-state index in [1.54, 1.807) is 54.6 Å². The third-order valence-electron chi connectivity index (χ3n) is 5.01. The number of nitrogens with one attached hydrogen (secondary N) is 1. The lowest BCUT2D eigenvalue weighted by Crippen LogP contribution is -2.14. The quantitative estimate of drug-likeness (QED) is 0.316. The smallest absolute Gasteiger partial charge is 0.433 e. The van der Waals surface area contributed by atoms with Gasteiger partial charge in [-0.15, -0.1) is 0 Å². The highest BCUT2D eigenvalue weighted by molar-refractivity contribution is 6.02. The molecule has 1 N–H and O–H groups in total. The molecule has 33 heavy (non-hydrogen) atoms. The summed E-state index contributed by atoms with van der Waals surface area (Å²) in [5, 5.41) is 2.64. The van der Waals surface area contributed by atoms with Gasteiger partial charge in [-0.05, 0) is 42.0 Å². The molecule has 0 aliphatic heterocycles. The first-order valence-electron chi connectivity index (χ1n) is 9.66. The second-order valence-electron chi connectivity index (χ2n) is 7.15. The number of aromatic nitrogens is 1. The lowest BCUT2D eigenvalue weighted by atomic mass is 9.96. The number of rotatable bonds is 4. The van der Waals surface area contributed by atoms with Crippen LogP contribution >= 0.6 is 0 Å². The predicted octanol–water partition coefficient (Wildman–Crippen LogP) is 7.69. The zero-order chi connectivity index (χ0) is 23.8. The van der Waals surface area contributed by atoms with Gasteiger partial charge in [-0.3, -0.25) is 0 Å². The third-order valence-corrected chi connectivity index (χ3v) is 5.01. The molecule has 3 aromatic carbocycles. The Morgan fingerprint density at radius 1 is 0.788 bits per heavy atom. The van der Waals surface area contributed by atoms with E-state index in [2.05, 4.69) is 10.3 Å². The first-order valence-corrected chi connectivity index (χ1v) is 9.66. The average Bonchev–Trinajstić information content (AvgIpc) is 2.77. The van der Waals surface area contributed by atoms with Crippen LogP contribution in [0.25, 0.3) is 22.0 Å². The van der Waals surface area contributed by atoms with Crippen LogP contribution in [0.2, 0.25) is 0 Å². The fourth-order valence-corrected chi connectivity index (χ4v) is 3.50. The largest absolute Gasteiger partial charge is 0.497 e. The van der Waals surface area contributed by atoms with Gasteiger partial charge in [0, 0.05) is 22.3 Å². The number of methoxy groups -OCH3 is 1. The Hall–Kier alpha value is -3.75. The minimum absolute atomic E-state index is 0.0461. The lowest BCUT2D eigenvalue weighted by molar-refractivity contribution is -0.144. The normalized spacial score (nSPS) is 12.1. The molecule has 0 radical (unpaired) electrons. The van der Waals surface area contributed by atoms with Crippen molar-refractivity contribution in [2.24, 2.45) is 0 Å². The number of halogens is 6. The van der Waals surface area contributed by atoms with Gasteiger partial charge in [0.25, 0.3) is 0 Å². The van der Waals surface area contributed by atoms with Crippen molar-refractivity contribution >= 4 is 22.3 Å². The van der Waals surface area contributed by atoms with Crippen molar-refractivity contribution in [3.8, 4) is 16.9 Å². The number of para-hydroxylation sites is 1. The summed E-state index contributed by atoms with van der Waals surface area (Å²) in [5.74, 6) is 0.483. The fraction of sp³-hybridized carbons (Fsp3) is 0.125. The number of nitrogens with zero attached hydrogens (tertiary/aromatic N) is 1. The molecule has 0 unspecified atom stereocenters. The van der Waals surface area contributed by atoms with Crippen molar-refractivity contribution in [1.82, 2.24) is 4.98 Å². The minimum Gasteiger partial charge on any atom is -0.497 e. The van der Waals surface area contributed by atoms with Gasteiger partial charge in [0.1, 0.15) is 11.4 Å². The van der Waals surface area contributed by atoms with Crippen LogP contribution in [0.3, 0.4) is 0 Å². The number of benzene rings is 3. The molecule has 0 fully saturated rings. The highest BCUT2D eigenvalue weighted by Gasteiger charge is 2.39. The highest BCUT2D eigenvalue weighted by Crippen LogP contribution is 2.43. The summed E-state index contributed by atoms with van der Waals surface area (Å²) < 4.78 is 86.8. The van der Waals surface area contributed by atoms with E-state index in [1.807, 2.05) is 0 Å². The number of hydrogen-bond acceptors (Lipinski definition) is 3. The molecule has 9 heteroatoms. The molecule has 0 bridgehead atoms. The zero-order valence-electron chi connectivity index (χ0n) is 17.1. The van der Waals surface area contributed by atoms with Crippen LogP contribution in [-0.2, 0) is 12.4 Å². The average molecular weight is 462 g/mol. The van der Waals surface area contributed by atoms with Crippen LogP contribution in [0, 0.1) is 0 Å². The Balaban J connectivity index is 2.07. The molecule has 4 aromatic rings. The summed E-state index contributed by atoms with van der Waals surface area (Å²) >= 11 is 0. The SMILES string of the molecule is COc1ccc(-c2c(Nc3ccccc3)ccc3c(C(F)(F)F)cc(C(F)(F)F)nc23)cc1. The van der Waals surface area contributed by atoms with Gasteiger partial charge in [-0.2, -0.15) is 26.3 Å². The Morgan fingerprint density at radius 3 is 2.03 bits per heavy atom. The van der Waals surface area contributed by atoms with Crippen LogP contribution in [0.5, 0.6) is 5.75 Å². The van der Waals surface area contributed by atoms with Gasteiger partial charge >= 0.3 is 12.4 Å². The van der Waals surface area contributed by atoms with Crippen molar-refractivity contribution in [3.05, 3.63) is 84.1 Å². The third kappa shape index (κ3) is 4.57. The number of anilines is 2. The molecular weight excluding hydrogens is 446 g/mol. The summed E-state index contributed by atoms with van der Waals surface area (Å²) in [7, 11) is 1.45. The maximum Gasteiger partial charge on any atom is 0.433 e. The standard InChI is InChI=1S/C24H16F6N2O/c1-33-16-9-7-14(8-10-16)21-19(31-15-5-3-2-4-6-15)12-11-17-18(23(25,26)27)13-20(24(28,29)30)32-22(17)21/h2-13,31H,1H3. The van der Waals surface area contributed by atoms with Gasteiger partial charge < -0.3 is 10.1 Å². The Kier molecular flexibility index (Phi) is 5.65. The van der Waals surface area contributed by atoms with E-state index in [4.69, 9.17) is 4.74 Å². The fourth-order valence-electron chi connectivity index (χ4n) is 3.50. The van der Waals surface area contributed by atoms with E-state index in [1.165, 1.54) is 13.2 Å². The van der Waals surface area contributed by atoms with Crippen LogP contribution in [0.15, 0.2) is 72.8 Å². The Morgan fingerprint density at radius 2 is 1.45 bits per heavy atom. The van der Waals surface area contributed by atoms with Crippen molar-refractivity contribution in [3.63, 3.8) is 0 Å². The second kappa shape index (κ2) is 8.31. The van der Waals surface area contributed by atoms with Gasteiger partial charge in [0.05, 0.1) is 18.2 Å². The summed E-state index contributed by atoms with van der Waals surface area (Å²) in [6, 6.07) is 17.5. The molecule has 0 atom stereocenters. The van der Waals surface area contributed by atoms with Crippen molar-refractivity contribution in [2.75, 3.05) is 12.4 Å². The summed E-state index contributed by atoms with van der Waals surface area (Å²) in [6.07, 6.45) is -10.1. The molecule has 0 saturated heterocycles. The monoisotopic (exact) mass is 462 g/mol. The van der Waals surface area contributed by atoms with Crippen LogP contribution < -0.4 is 10.1 Å². The van der Waals surface area contributed by atoms with E-state index in [9.17, 15) is 26.3 Å². The molecule has 170 valence electrons. The van der Waals surface area contributed by atoms with Gasteiger partial charge in [-0.25, -0.2) is 4.98 Å². The van der Waals surface area contributed by atoms with Crippen molar-refractivity contribution < 1.29 is 31.1 Å². The first-order chi connectivity index (χ1) is 15.6. The first kappa shape index (κ1) is 22.4. The van der Waals surface area contributed by atoms with Crippen LogP contribution in [0.4, 0.5) is 37.7 Å². The number of fused-ring (bicyclic) bond motifs is 1. The van der Waals surface area contributed by atoms with Gasteiger partial charge in [0.15, 0.2) is 0 Å². The summed E-state index contributed by atoms with van der Waals surface area (Å²) in [4.78, 5) is 3.65. The predicted molar refractivity (Wildman–Crippen MR) is 113 cm³/mol. The maximum absolute atomic E-state index is 13.7. The lowest BCUT2D eigenvalue weighted by Gasteiger charge is -2.19. The molecule has 4 rings (SSSR count). The maximum atomic E-state index is 13.7. The molecule has 1 aromatic heterocycles. The highest BCUT2D eigenvalue weighted by atomic mass is 19.4. The van der Waals surface area contributed by atoms with Crippen LogP contribution in [-0.4, -0.2) is 12.1 Å². The summed E-state index contributed by atoms with van der Waals surface area (Å²) in [6.45, 7) is 0. The van der Waals surface area contributed by atoms with Gasteiger partial charge in [0.2, 0.25) is 0 Å². The van der Waals surface area contributed by atoms with E-state index in [-0.39, 0.29) is 11.6 Å². The molecule has 0 spiro atoms. The number of alkyl halides is 6. The van der Waals surface area contributed by atoms with E-state index < -0.39 is 34.5 Å². The van der Waals surface area contributed by atoms with Crippen molar-refractivity contribution in [2.45, 2.75) is 12.4 Å². The second-order valence-corrected chi connectivity index (χ2v) is 7.15. The van der Waals surface area contributed by atoms with Gasteiger partial charge in [-0.1, -0.05) is 36.4 Å². The molecular formula is C24H16F6N2O. The summed E-state index contributed by atoms with van der Waals surface area (Å²) in [5.41, 5.74) is -2.04. The number of ether oxygens (including phenoxy) is 1. The number of pyridine rings is 1. The number of hydrogen-bond donors (Lipinski definition) is 1. The molecule has 1 heterocycles. The molecule has 0 amide bonds. The van der Waals surface area contributed by atoms with E-state index in [0.717, 1.165) is 6.07 Å². The zero-order valence-corrected chi connectivity index (χ0v) is 17.1. The molecule has 3 nitrogen and oxygen atoms in total. The Bertz CT molecular complexity index is 1280. The minimum atomic E-state index is -5.06. The van der Waals surface area contributed by atoms with Crippen LogP contribution in [0.1, 0.15) is 11.3 Å². The molecule has 0 saturated carbocycles. The molecule has 0 aliphatic carbocycles. The van der Waals surface area contributed by atoms with E-state index >= 15 is 0 Å². The van der Waals surface area contributed by atoms with Crippen molar-refractivity contribution in [1.29, 1.82) is 0 Å². The topological polar surface area (TPSA) is 34.1 Å². The van der Waals surface area contributed by atoms with E-state index in [0.29, 0.717) is 22.7 Å².